The van der Waals surface area contributed by atoms with Gasteiger partial charge >= 0.3 is 0 Å². The van der Waals surface area contributed by atoms with Crippen molar-refractivity contribution in [3.05, 3.63) is 0 Å². The maximum absolute atomic E-state index is 10.6. The van der Waals surface area contributed by atoms with E-state index in [-0.39, 0.29) is 30.1 Å². The molecule has 134 valence electrons. The average Bonchev–Trinajstić information content (AvgIpc) is 2.90. The van der Waals surface area contributed by atoms with Gasteiger partial charge in [-0.2, -0.15) is 0 Å². The van der Waals surface area contributed by atoms with Gasteiger partial charge in [0.05, 0.1) is 30.5 Å². The van der Waals surface area contributed by atoms with Crippen molar-refractivity contribution in [2.24, 2.45) is 22.7 Å². The molecule has 3 aliphatic rings. The van der Waals surface area contributed by atoms with E-state index in [1.165, 1.54) is 0 Å². The molecule has 23 heavy (non-hydrogen) atoms. The molecule has 0 aromatic carbocycles. The van der Waals surface area contributed by atoms with Crippen LogP contribution in [0, 0.1) is 22.7 Å². The van der Waals surface area contributed by atoms with Crippen LogP contribution in [0.3, 0.4) is 0 Å². The molecule has 1 aliphatic heterocycles. The molecule has 1 saturated heterocycles. The molecule has 3 fully saturated rings. The summed E-state index contributed by atoms with van der Waals surface area (Å²) in [5.41, 5.74) is -1.22. The second-order valence-electron chi connectivity index (χ2n) is 9.27. The predicted octanol–water partition coefficient (Wildman–Crippen LogP) is 2.49. The van der Waals surface area contributed by atoms with E-state index in [1.807, 2.05) is 13.8 Å². The monoisotopic (exact) mass is 326 g/mol. The summed E-state index contributed by atoms with van der Waals surface area (Å²) >= 11 is 0. The van der Waals surface area contributed by atoms with E-state index in [0.717, 1.165) is 38.5 Å². The highest BCUT2D eigenvalue weighted by Crippen LogP contribution is 2.67. The predicted molar refractivity (Wildman–Crippen MR) is 89.0 cm³/mol. The van der Waals surface area contributed by atoms with Crippen LogP contribution >= 0.6 is 0 Å². The van der Waals surface area contributed by atoms with Crippen molar-refractivity contribution in [1.29, 1.82) is 0 Å². The van der Waals surface area contributed by atoms with Crippen LogP contribution in [-0.4, -0.2) is 45.8 Å². The van der Waals surface area contributed by atoms with Crippen molar-refractivity contribution in [3.63, 3.8) is 0 Å². The molecule has 1 spiro atoms. The highest BCUT2D eigenvalue weighted by molar-refractivity contribution is 5.17. The minimum absolute atomic E-state index is 0.0240. The van der Waals surface area contributed by atoms with Gasteiger partial charge in [0.25, 0.3) is 0 Å². The van der Waals surface area contributed by atoms with Gasteiger partial charge in [0.2, 0.25) is 0 Å². The Morgan fingerprint density at radius 1 is 0.957 bits per heavy atom. The van der Waals surface area contributed by atoms with Crippen molar-refractivity contribution in [1.82, 2.24) is 0 Å². The topological polar surface area (TPSA) is 69.9 Å². The first-order chi connectivity index (χ1) is 10.7. The minimum Gasteiger partial charge on any atom is -0.396 e. The lowest BCUT2D eigenvalue weighted by Gasteiger charge is -2.65. The Morgan fingerprint density at radius 2 is 1.65 bits per heavy atom. The number of hydrogen-bond donors (Lipinski definition) is 3. The fourth-order valence-electron chi connectivity index (χ4n) is 6.34. The number of aliphatic hydroxyl groups is 3. The summed E-state index contributed by atoms with van der Waals surface area (Å²) in [4.78, 5) is 0. The van der Waals surface area contributed by atoms with Gasteiger partial charge in [-0.1, -0.05) is 20.8 Å². The quantitative estimate of drug-likeness (QED) is 0.729. The van der Waals surface area contributed by atoms with Gasteiger partial charge in [-0.3, -0.25) is 0 Å². The first-order valence-electron chi connectivity index (χ1n) is 9.27. The first-order valence-corrected chi connectivity index (χ1v) is 9.27. The average molecular weight is 326 g/mol. The van der Waals surface area contributed by atoms with Crippen LogP contribution in [-0.2, 0) is 4.74 Å². The van der Waals surface area contributed by atoms with Crippen molar-refractivity contribution in [2.75, 3.05) is 13.2 Å². The standard InChI is InChI=1S/C19H34O4/c1-13-5-6-14-17(3,12-21)15(22)7-8-18(14,4)19(13)10-9-16(2,11-20)23-19/h13-15,20-22H,5-12H2,1-4H3/t13-,14-,15-,16-,17-,18-,19+/m0/s1. The SMILES string of the molecule is C[C@H]1CC[C@H]2[C@](C)(CO)[C@@H](O)CC[C@]2(C)[C@@]12CC[C@@](C)(CO)O2. The molecule has 1 heterocycles. The third-order valence-corrected chi connectivity index (χ3v) is 8.04. The summed E-state index contributed by atoms with van der Waals surface area (Å²) in [6, 6.07) is 0. The summed E-state index contributed by atoms with van der Waals surface area (Å²) in [6.45, 7) is 8.74. The van der Waals surface area contributed by atoms with Crippen LogP contribution in [0.4, 0.5) is 0 Å². The van der Waals surface area contributed by atoms with Crippen molar-refractivity contribution < 1.29 is 20.1 Å². The van der Waals surface area contributed by atoms with E-state index in [2.05, 4.69) is 13.8 Å². The fourth-order valence-corrected chi connectivity index (χ4v) is 6.34. The normalized spacial score (nSPS) is 56.7. The second-order valence-corrected chi connectivity index (χ2v) is 9.27. The summed E-state index contributed by atoms with van der Waals surface area (Å²) in [5.74, 6) is 0.691. The van der Waals surface area contributed by atoms with Crippen LogP contribution in [0.15, 0.2) is 0 Å². The Bertz CT molecular complexity index is 468. The molecular weight excluding hydrogens is 292 g/mol. The van der Waals surface area contributed by atoms with E-state index < -0.39 is 17.1 Å². The van der Waals surface area contributed by atoms with E-state index in [0.29, 0.717) is 5.92 Å². The van der Waals surface area contributed by atoms with Crippen LogP contribution in [0.5, 0.6) is 0 Å². The largest absolute Gasteiger partial charge is 0.396 e. The maximum Gasteiger partial charge on any atom is 0.0893 e. The lowest BCUT2D eigenvalue weighted by atomic mass is 9.43. The third kappa shape index (κ3) is 2.18. The van der Waals surface area contributed by atoms with Gasteiger partial charge in [-0.25, -0.2) is 0 Å². The fraction of sp³-hybridized carbons (Fsp3) is 1.00. The van der Waals surface area contributed by atoms with Crippen molar-refractivity contribution in [3.8, 4) is 0 Å². The molecule has 0 aromatic heterocycles. The third-order valence-electron chi connectivity index (χ3n) is 8.04. The molecule has 4 heteroatoms. The second kappa shape index (κ2) is 5.42. The van der Waals surface area contributed by atoms with Gasteiger partial charge in [0.15, 0.2) is 0 Å². The van der Waals surface area contributed by atoms with Crippen LogP contribution < -0.4 is 0 Å². The molecule has 2 saturated carbocycles. The van der Waals surface area contributed by atoms with Crippen LogP contribution in [0.2, 0.25) is 0 Å². The smallest absolute Gasteiger partial charge is 0.0893 e. The lowest BCUT2D eigenvalue weighted by molar-refractivity contribution is -0.268. The number of fused-ring (bicyclic) bond motifs is 2. The highest BCUT2D eigenvalue weighted by Gasteiger charge is 2.68. The summed E-state index contributed by atoms with van der Waals surface area (Å²) < 4.78 is 6.67. The zero-order valence-corrected chi connectivity index (χ0v) is 15.1. The molecule has 3 rings (SSSR count). The molecule has 0 bridgehead atoms. The summed E-state index contributed by atoms with van der Waals surface area (Å²) in [5, 5.41) is 30.5. The van der Waals surface area contributed by atoms with E-state index in [9.17, 15) is 15.3 Å². The Hall–Kier alpha value is -0.160. The molecule has 0 aromatic rings. The zero-order valence-electron chi connectivity index (χ0n) is 15.1. The van der Waals surface area contributed by atoms with E-state index in [1.54, 1.807) is 0 Å². The molecule has 4 nitrogen and oxygen atoms in total. The molecule has 2 aliphatic carbocycles. The molecule has 7 atom stereocenters. The van der Waals surface area contributed by atoms with Gasteiger partial charge in [-0.05, 0) is 57.3 Å². The number of hydrogen-bond acceptors (Lipinski definition) is 4. The van der Waals surface area contributed by atoms with Gasteiger partial charge < -0.3 is 20.1 Å². The number of ether oxygens (including phenoxy) is 1. The molecule has 3 N–H and O–H groups in total. The van der Waals surface area contributed by atoms with E-state index in [4.69, 9.17) is 4.74 Å². The molecule has 0 radical (unpaired) electrons. The van der Waals surface area contributed by atoms with E-state index >= 15 is 0 Å². The number of rotatable bonds is 2. The Balaban J connectivity index is 2.04. The van der Waals surface area contributed by atoms with Gasteiger partial charge in [0, 0.05) is 10.8 Å². The van der Waals surface area contributed by atoms with Crippen molar-refractivity contribution in [2.45, 2.75) is 83.5 Å². The Kier molecular flexibility index (Phi) is 4.16. The lowest BCUT2D eigenvalue weighted by Crippen LogP contribution is -2.66. The molecule has 0 unspecified atom stereocenters. The van der Waals surface area contributed by atoms with Gasteiger partial charge in [0.1, 0.15) is 0 Å². The Labute approximate surface area is 140 Å². The summed E-state index contributed by atoms with van der Waals surface area (Å²) in [6.07, 6.45) is 5.15. The highest BCUT2D eigenvalue weighted by atomic mass is 16.5. The van der Waals surface area contributed by atoms with Crippen molar-refractivity contribution >= 4 is 0 Å². The minimum atomic E-state index is -0.457. The molecular formula is C19H34O4. The zero-order chi connectivity index (χ0) is 17.1. The van der Waals surface area contributed by atoms with Crippen LogP contribution in [0.25, 0.3) is 0 Å². The molecule has 0 amide bonds. The maximum atomic E-state index is 10.6. The summed E-state index contributed by atoms with van der Waals surface area (Å²) in [7, 11) is 0. The number of aliphatic hydroxyl groups excluding tert-OH is 3. The van der Waals surface area contributed by atoms with Gasteiger partial charge in [-0.15, -0.1) is 0 Å². The van der Waals surface area contributed by atoms with Crippen LogP contribution in [0.1, 0.15) is 66.2 Å². The Morgan fingerprint density at radius 3 is 2.22 bits per heavy atom. The first kappa shape index (κ1) is 17.7.